The van der Waals surface area contributed by atoms with Gasteiger partial charge in [-0.2, -0.15) is 0 Å². The van der Waals surface area contributed by atoms with Crippen LogP contribution in [0, 0.1) is 23.7 Å². The number of phosphoric ester groups is 2. The van der Waals surface area contributed by atoms with E-state index in [9.17, 15) is 43.2 Å². The monoisotopic (exact) mass is 1230 g/mol. The highest BCUT2D eigenvalue weighted by Crippen LogP contribution is 2.45. The van der Waals surface area contributed by atoms with Crippen LogP contribution in [0.2, 0.25) is 0 Å². The van der Waals surface area contributed by atoms with E-state index >= 15 is 0 Å². The summed E-state index contributed by atoms with van der Waals surface area (Å²) in [5.41, 5.74) is 0. The van der Waals surface area contributed by atoms with Crippen molar-refractivity contribution in [2.45, 2.75) is 324 Å². The maximum Gasteiger partial charge on any atom is 0.472 e. The number of aliphatic hydroxyl groups excluding tert-OH is 1. The Labute approximate surface area is 505 Å². The Hall–Kier alpha value is -1.94. The van der Waals surface area contributed by atoms with E-state index < -0.39 is 97.5 Å². The minimum atomic E-state index is -4.95. The summed E-state index contributed by atoms with van der Waals surface area (Å²) in [5.74, 6) is 0.766. The van der Waals surface area contributed by atoms with E-state index in [0.717, 1.165) is 115 Å². The summed E-state index contributed by atoms with van der Waals surface area (Å²) in [6.07, 6.45) is 33.6. The molecule has 0 fully saturated rings. The molecule has 0 bridgehead atoms. The van der Waals surface area contributed by atoms with Crippen LogP contribution in [0.15, 0.2) is 0 Å². The Kier molecular flexibility index (Phi) is 53.0. The van der Waals surface area contributed by atoms with Crippen molar-refractivity contribution in [1.82, 2.24) is 0 Å². The van der Waals surface area contributed by atoms with E-state index in [1.165, 1.54) is 96.3 Å². The van der Waals surface area contributed by atoms with Gasteiger partial charge in [0, 0.05) is 25.7 Å². The number of phosphoric acid groups is 2. The molecule has 0 aromatic heterocycles. The number of hydrogen-bond acceptors (Lipinski definition) is 15. The summed E-state index contributed by atoms with van der Waals surface area (Å²) in [6.45, 7) is 13.9. The Morgan fingerprint density at radius 1 is 0.337 bits per heavy atom. The number of aliphatic hydroxyl groups is 1. The molecule has 3 N–H and O–H groups in total. The van der Waals surface area contributed by atoms with Crippen LogP contribution in [0.1, 0.15) is 306 Å². The van der Waals surface area contributed by atoms with Crippen LogP contribution in [0.4, 0.5) is 0 Å². The van der Waals surface area contributed by atoms with E-state index in [1.54, 1.807) is 0 Å². The maximum absolute atomic E-state index is 13.0. The van der Waals surface area contributed by atoms with Gasteiger partial charge in [-0.3, -0.25) is 37.3 Å². The molecule has 0 aromatic carbocycles. The number of hydrogen-bond donors (Lipinski definition) is 3. The lowest BCUT2D eigenvalue weighted by atomic mass is 9.99. The van der Waals surface area contributed by atoms with Gasteiger partial charge in [0.25, 0.3) is 0 Å². The average molecular weight is 1230 g/mol. The lowest BCUT2D eigenvalue weighted by molar-refractivity contribution is -0.161. The Morgan fingerprint density at radius 3 is 0.855 bits per heavy atom. The third-order valence-corrected chi connectivity index (χ3v) is 17.2. The largest absolute Gasteiger partial charge is 0.472 e. The Bertz CT molecular complexity index is 1670. The number of ether oxygens (including phenoxy) is 4. The standard InChI is InChI=1S/C64H124O17P2/c1-9-56(7)42-34-26-17-13-11-12-14-18-30-38-46-63(68)80-59(50-74-61(66)44-36-28-22-20-25-33-41-55(5)6)52-78-82(70,71)76-48-58(65)49-77-83(72,73)79-53-60(81-64(69)47-39-31-19-15-16-24-32-40-54(3)4)51-75-62(67)45-37-29-23-21-27-35-43-57(8)10-2/h54-60,65H,9-53H2,1-8H3,(H,70,71)(H,72,73)/t56?,57?,58-,59+,60+/m0/s1. The lowest BCUT2D eigenvalue weighted by Gasteiger charge is -2.21. The summed E-state index contributed by atoms with van der Waals surface area (Å²) < 4.78 is 68.0. The second-order valence-electron chi connectivity index (χ2n) is 24.6. The van der Waals surface area contributed by atoms with Crippen molar-refractivity contribution in [3.05, 3.63) is 0 Å². The third-order valence-electron chi connectivity index (χ3n) is 15.3. The molecule has 0 amide bonds. The fraction of sp³-hybridized carbons (Fsp3) is 0.938. The molecule has 0 saturated carbocycles. The minimum Gasteiger partial charge on any atom is -0.462 e. The molecule has 0 spiro atoms. The first-order valence-electron chi connectivity index (χ1n) is 33.3. The van der Waals surface area contributed by atoms with Crippen LogP contribution in [0.25, 0.3) is 0 Å². The number of esters is 4. The molecule has 0 saturated heterocycles. The first kappa shape index (κ1) is 81.1. The smallest absolute Gasteiger partial charge is 0.462 e. The van der Waals surface area contributed by atoms with Crippen LogP contribution >= 0.6 is 15.6 Å². The van der Waals surface area contributed by atoms with Gasteiger partial charge in [-0.25, -0.2) is 9.13 Å². The molecule has 0 aliphatic rings. The average Bonchev–Trinajstić information content (AvgIpc) is 3.44. The molecule has 0 aliphatic heterocycles. The predicted molar refractivity (Wildman–Crippen MR) is 331 cm³/mol. The zero-order valence-corrected chi connectivity index (χ0v) is 55.6. The zero-order valence-electron chi connectivity index (χ0n) is 53.8. The molecule has 19 heteroatoms. The summed E-state index contributed by atoms with van der Waals surface area (Å²) in [4.78, 5) is 72.2. The molecule has 0 radical (unpaired) electrons. The quantitative estimate of drug-likeness (QED) is 0.0222. The molecular weight excluding hydrogens is 1100 g/mol. The molecule has 492 valence electrons. The number of rotatable bonds is 61. The molecule has 0 aromatic rings. The third kappa shape index (κ3) is 56.3. The van der Waals surface area contributed by atoms with Gasteiger partial charge in [-0.1, -0.05) is 254 Å². The lowest BCUT2D eigenvalue weighted by Crippen LogP contribution is -2.30. The van der Waals surface area contributed by atoms with Gasteiger partial charge in [-0.05, 0) is 49.4 Å². The fourth-order valence-corrected chi connectivity index (χ4v) is 10.9. The van der Waals surface area contributed by atoms with Crippen molar-refractivity contribution in [2.24, 2.45) is 23.7 Å². The first-order valence-corrected chi connectivity index (χ1v) is 36.3. The first-order chi connectivity index (χ1) is 39.7. The normalized spacial score (nSPS) is 15.1. The van der Waals surface area contributed by atoms with Gasteiger partial charge in [0.1, 0.15) is 19.3 Å². The maximum atomic E-state index is 13.0. The van der Waals surface area contributed by atoms with E-state index in [-0.39, 0.29) is 25.7 Å². The highest BCUT2D eigenvalue weighted by Gasteiger charge is 2.30. The fourth-order valence-electron chi connectivity index (χ4n) is 9.36. The summed E-state index contributed by atoms with van der Waals surface area (Å²) in [5, 5.41) is 10.5. The van der Waals surface area contributed by atoms with Gasteiger partial charge >= 0.3 is 39.5 Å². The highest BCUT2D eigenvalue weighted by molar-refractivity contribution is 7.47. The number of carbonyl (C=O) groups excluding carboxylic acids is 4. The SMILES string of the molecule is CCC(C)CCCCCCCCCCCCC(=O)O[C@H](COC(=O)CCCCCCCCC(C)C)COP(=O)(O)OC[C@H](O)COP(=O)(O)OC[C@@H](COC(=O)CCCCCCCCC(C)CC)OC(=O)CCCCCCCCCC(C)C. The molecule has 4 unspecified atom stereocenters. The van der Waals surface area contributed by atoms with Crippen molar-refractivity contribution >= 4 is 39.5 Å². The second-order valence-corrected chi connectivity index (χ2v) is 27.5. The topological polar surface area (TPSA) is 237 Å². The molecule has 0 rings (SSSR count). The second kappa shape index (κ2) is 54.2. The van der Waals surface area contributed by atoms with Crippen LogP contribution in [-0.2, 0) is 65.4 Å². The van der Waals surface area contributed by atoms with Crippen molar-refractivity contribution in [3.8, 4) is 0 Å². The van der Waals surface area contributed by atoms with Crippen LogP contribution < -0.4 is 0 Å². The Morgan fingerprint density at radius 2 is 0.578 bits per heavy atom. The van der Waals surface area contributed by atoms with E-state index in [2.05, 4.69) is 55.4 Å². The molecular formula is C64H124O17P2. The summed E-state index contributed by atoms with van der Waals surface area (Å²) in [7, 11) is -9.89. The van der Waals surface area contributed by atoms with Gasteiger partial charge in [0.15, 0.2) is 12.2 Å². The van der Waals surface area contributed by atoms with Crippen molar-refractivity contribution < 1.29 is 80.2 Å². The van der Waals surface area contributed by atoms with Crippen molar-refractivity contribution in [2.75, 3.05) is 39.6 Å². The summed E-state index contributed by atoms with van der Waals surface area (Å²) in [6, 6.07) is 0. The number of carbonyl (C=O) groups is 4. The molecule has 7 atom stereocenters. The van der Waals surface area contributed by atoms with Crippen LogP contribution in [0.3, 0.4) is 0 Å². The highest BCUT2D eigenvalue weighted by atomic mass is 31.2. The number of unbranched alkanes of at least 4 members (excludes halogenated alkanes) is 25. The summed E-state index contributed by atoms with van der Waals surface area (Å²) >= 11 is 0. The van der Waals surface area contributed by atoms with Crippen molar-refractivity contribution in [3.63, 3.8) is 0 Å². The van der Waals surface area contributed by atoms with Gasteiger partial charge in [-0.15, -0.1) is 0 Å². The van der Waals surface area contributed by atoms with Gasteiger partial charge in [0.2, 0.25) is 0 Å². The molecule has 17 nitrogen and oxygen atoms in total. The van der Waals surface area contributed by atoms with E-state index in [1.807, 2.05) is 0 Å². The van der Waals surface area contributed by atoms with Gasteiger partial charge < -0.3 is 33.8 Å². The predicted octanol–water partition coefficient (Wildman–Crippen LogP) is 17.4. The minimum absolute atomic E-state index is 0.102. The van der Waals surface area contributed by atoms with E-state index in [4.69, 9.17) is 37.0 Å². The molecule has 0 heterocycles. The zero-order chi connectivity index (χ0) is 61.8. The molecule has 83 heavy (non-hydrogen) atoms. The van der Waals surface area contributed by atoms with Crippen LogP contribution in [-0.4, -0.2) is 96.7 Å². The van der Waals surface area contributed by atoms with Crippen molar-refractivity contribution in [1.29, 1.82) is 0 Å². The van der Waals surface area contributed by atoms with E-state index in [0.29, 0.717) is 37.5 Å². The Balaban J connectivity index is 5.25. The van der Waals surface area contributed by atoms with Gasteiger partial charge in [0.05, 0.1) is 26.4 Å². The van der Waals surface area contributed by atoms with Crippen LogP contribution in [0.5, 0.6) is 0 Å². The molecule has 0 aliphatic carbocycles.